The van der Waals surface area contributed by atoms with E-state index in [1.165, 1.54) is 23.8 Å². The van der Waals surface area contributed by atoms with Crippen LogP contribution in [0.15, 0.2) is 66.9 Å². The molecule has 1 atom stereocenters. The Morgan fingerprint density at radius 3 is 2.71 bits per heavy atom. The Morgan fingerprint density at radius 2 is 2.00 bits per heavy atom. The number of rotatable bonds is 8. The van der Waals surface area contributed by atoms with Gasteiger partial charge in [0.2, 0.25) is 0 Å². The molecule has 1 aromatic heterocycles. The highest BCUT2D eigenvalue weighted by atomic mass is 35.5. The van der Waals surface area contributed by atoms with Crippen LogP contribution in [0, 0.1) is 11.7 Å². The van der Waals surface area contributed by atoms with Crippen LogP contribution in [-0.4, -0.2) is 42.0 Å². The smallest absolute Gasteiger partial charge is 0.255 e. The number of carbonyl (C=O) groups is 1. The molecule has 0 radical (unpaired) electrons. The Balaban J connectivity index is 1.43. The fourth-order valence-corrected chi connectivity index (χ4v) is 4.78. The van der Waals surface area contributed by atoms with Crippen molar-refractivity contribution in [2.45, 2.75) is 31.8 Å². The number of aromatic nitrogens is 1. The molecule has 2 aromatic carbocycles. The van der Waals surface area contributed by atoms with Gasteiger partial charge in [-0.3, -0.25) is 9.78 Å². The van der Waals surface area contributed by atoms with Gasteiger partial charge in [-0.2, -0.15) is 0 Å². The summed E-state index contributed by atoms with van der Waals surface area (Å²) in [6.07, 6.45) is 4.40. The first-order valence-corrected chi connectivity index (χ1v) is 11.9. The van der Waals surface area contributed by atoms with E-state index in [1.807, 2.05) is 35.2 Å². The van der Waals surface area contributed by atoms with Crippen LogP contribution in [0.5, 0.6) is 5.75 Å². The van der Waals surface area contributed by atoms with Crippen LogP contribution in [0.4, 0.5) is 4.39 Å². The second kappa shape index (κ2) is 11.4. The molecule has 1 saturated heterocycles. The average molecular weight is 482 g/mol. The third-order valence-corrected chi connectivity index (χ3v) is 6.73. The van der Waals surface area contributed by atoms with Crippen LogP contribution >= 0.6 is 11.6 Å². The molecule has 2 heterocycles. The maximum Gasteiger partial charge on any atom is 0.255 e. The number of amides is 1. The van der Waals surface area contributed by atoms with E-state index in [0.717, 1.165) is 30.7 Å². The molecule has 1 aliphatic rings. The number of hydrogen-bond acceptors (Lipinski definition) is 4. The van der Waals surface area contributed by atoms with Gasteiger partial charge in [0.05, 0.1) is 23.4 Å². The van der Waals surface area contributed by atoms with Crippen molar-refractivity contribution in [3.05, 3.63) is 94.5 Å². The van der Waals surface area contributed by atoms with E-state index >= 15 is 0 Å². The van der Waals surface area contributed by atoms with E-state index in [2.05, 4.69) is 22.4 Å². The van der Waals surface area contributed by atoms with E-state index < -0.39 is 5.82 Å². The molecule has 0 unspecified atom stereocenters. The number of piperidine rings is 1. The van der Waals surface area contributed by atoms with E-state index in [0.29, 0.717) is 31.1 Å². The van der Waals surface area contributed by atoms with Crippen molar-refractivity contribution in [3.63, 3.8) is 0 Å². The predicted octanol–water partition coefficient (Wildman–Crippen LogP) is 5.14. The second-order valence-electron chi connectivity index (χ2n) is 8.62. The van der Waals surface area contributed by atoms with Gasteiger partial charge in [0.25, 0.3) is 5.91 Å². The number of methoxy groups -OCH3 is 1. The summed E-state index contributed by atoms with van der Waals surface area (Å²) < 4.78 is 18.8. The van der Waals surface area contributed by atoms with Gasteiger partial charge in [0, 0.05) is 31.9 Å². The number of halogens is 2. The summed E-state index contributed by atoms with van der Waals surface area (Å²) >= 11 is 6.12. The standard InChI is InChI=1S/C27H29ClFN3O2/c1-34-23-7-4-5-19(15-23)16-26(31-18-22-6-2-3-12-30-22)20-10-13-32(14-11-20)27(33)24-9-8-21(29)17-25(24)28/h2-9,12,15,17,20,26,31H,10-11,13-14,16,18H2,1H3/t26-/m0/s1. The number of pyridine rings is 1. The molecular formula is C27H29ClFN3O2. The zero-order chi connectivity index (χ0) is 23.9. The summed E-state index contributed by atoms with van der Waals surface area (Å²) in [6, 6.07) is 18.2. The van der Waals surface area contributed by atoms with Crippen molar-refractivity contribution in [1.29, 1.82) is 0 Å². The first-order valence-electron chi connectivity index (χ1n) is 11.5. The summed E-state index contributed by atoms with van der Waals surface area (Å²) in [5, 5.41) is 3.87. The van der Waals surface area contributed by atoms with Crippen molar-refractivity contribution in [2.75, 3.05) is 20.2 Å². The number of nitrogens with one attached hydrogen (secondary N) is 1. The van der Waals surface area contributed by atoms with Crippen LogP contribution in [0.3, 0.4) is 0 Å². The highest BCUT2D eigenvalue weighted by Crippen LogP contribution is 2.27. The second-order valence-corrected chi connectivity index (χ2v) is 9.03. The fraction of sp³-hybridized carbons (Fsp3) is 0.333. The molecule has 1 aliphatic heterocycles. The SMILES string of the molecule is COc1cccc(C[C@H](NCc2ccccn2)C2CCN(C(=O)c3ccc(F)cc3Cl)CC2)c1. The minimum absolute atomic E-state index is 0.144. The third-order valence-electron chi connectivity index (χ3n) is 6.42. The lowest BCUT2D eigenvalue weighted by Crippen LogP contribution is -2.46. The van der Waals surface area contributed by atoms with E-state index in [-0.39, 0.29) is 17.0 Å². The predicted molar refractivity (Wildman–Crippen MR) is 132 cm³/mol. The maximum atomic E-state index is 13.4. The first kappa shape index (κ1) is 24.2. The molecule has 34 heavy (non-hydrogen) atoms. The van der Waals surface area contributed by atoms with Crippen molar-refractivity contribution >= 4 is 17.5 Å². The molecule has 3 aromatic rings. The molecule has 1 N–H and O–H groups in total. The van der Waals surface area contributed by atoms with Crippen molar-refractivity contribution in [3.8, 4) is 5.75 Å². The summed E-state index contributed by atoms with van der Waals surface area (Å²) in [4.78, 5) is 19.2. The largest absolute Gasteiger partial charge is 0.497 e. The molecule has 178 valence electrons. The van der Waals surface area contributed by atoms with Gasteiger partial charge in [0.1, 0.15) is 11.6 Å². The minimum atomic E-state index is -0.445. The highest BCUT2D eigenvalue weighted by Gasteiger charge is 2.29. The number of nitrogens with zero attached hydrogens (tertiary/aromatic N) is 2. The zero-order valence-corrected chi connectivity index (χ0v) is 20.0. The Labute approximate surface area is 204 Å². The van der Waals surface area contributed by atoms with Gasteiger partial charge in [-0.1, -0.05) is 29.8 Å². The van der Waals surface area contributed by atoms with Gasteiger partial charge in [-0.05, 0) is 73.2 Å². The molecule has 0 saturated carbocycles. The van der Waals surface area contributed by atoms with Gasteiger partial charge in [-0.15, -0.1) is 0 Å². The first-order chi connectivity index (χ1) is 16.5. The zero-order valence-electron chi connectivity index (χ0n) is 19.2. The van der Waals surface area contributed by atoms with Crippen LogP contribution in [-0.2, 0) is 13.0 Å². The fourth-order valence-electron chi connectivity index (χ4n) is 4.54. The molecule has 4 rings (SSSR count). The summed E-state index contributed by atoms with van der Waals surface area (Å²) in [7, 11) is 1.68. The number of likely N-dealkylation sites (tertiary alicyclic amines) is 1. The summed E-state index contributed by atoms with van der Waals surface area (Å²) in [5.74, 6) is 0.647. The molecule has 1 fully saturated rings. The lowest BCUT2D eigenvalue weighted by atomic mass is 9.85. The van der Waals surface area contributed by atoms with Crippen LogP contribution in [0.2, 0.25) is 5.02 Å². The van der Waals surface area contributed by atoms with Gasteiger partial charge in [-0.25, -0.2) is 4.39 Å². The Bertz CT molecular complexity index is 1100. The van der Waals surface area contributed by atoms with Gasteiger partial charge >= 0.3 is 0 Å². The lowest BCUT2D eigenvalue weighted by Gasteiger charge is -2.37. The monoisotopic (exact) mass is 481 g/mol. The Morgan fingerprint density at radius 1 is 1.18 bits per heavy atom. The molecule has 0 aliphatic carbocycles. The number of ether oxygens (including phenoxy) is 1. The average Bonchev–Trinajstić information content (AvgIpc) is 2.87. The molecular weight excluding hydrogens is 453 g/mol. The van der Waals surface area contributed by atoms with Crippen LogP contribution in [0.1, 0.15) is 34.5 Å². The quantitative estimate of drug-likeness (QED) is 0.484. The van der Waals surface area contributed by atoms with Gasteiger partial charge < -0.3 is 15.0 Å². The maximum absolute atomic E-state index is 13.4. The topological polar surface area (TPSA) is 54.5 Å². The van der Waals surface area contributed by atoms with Crippen LogP contribution in [0.25, 0.3) is 0 Å². The molecule has 5 nitrogen and oxygen atoms in total. The number of benzene rings is 2. The number of hydrogen-bond donors (Lipinski definition) is 1. The van der Waals surface area contributed by atoms with E-state index in [1.54, 1.807) is 13.3 Å². The summed E-state index contributed by atoms with van der Waals surface area (Å²) in [5.41, 5.74) is 2.55. The summed E-state index contributed by atoms with van der Waals surface area (Å²) in [6.45, 7) is 1.95. The van der Waals surface area contributed by atoms with Crippen molar-refractivity contribution in [1.82, 2.24) is 15.2 Å². The highest BCUT2D eigenvalue weighted by molar-refractivity contribution is 6.33. The number of carbonyl (C=O) groups excluding carboxylic acids is 1. The van der Waals surface area contributed by atoms with Gasteiger partial charge in [0.15, 0.2) is 0 Å². The Hall–Kier alpha value is -2.96. The third kappa shape index (κ3) is 6.13. The van der Waals surface area contributed by atoms with Crippen molar-refractivity contribution in [2.24, 2.45) is 5.92 Å². The molecule has 1 amide bonds. The Kier molecular flexibility index (Phi) is 8.14. The van der Waals surface area contributed by atoms with Crippen LogP contribution < -0.4 is 10.1 Å². The lowest BCUT2D eigenvalue weighted by molar-refractivity contribution is 0.0669. The molecule has 0 spiro atoms. The molecule has 0 bridgehead atoms. The van der Waals surface area contributed by atoms with E-state index in [4.69, 9.17) is 16.3 Å². The normalized spacial score (nSPS) is 15.2. The van der Waals surface area contributed by atoms with E-state index in [9.17, 15) is 9.18 Å². The van der Waals surface area contributed by atoms with Crippen molar-refractivity contribution < 1.29 is 13.9 Å². The minimum Gasteiger partial charge on any atom is -0.497 e. The molecule has 7 heteroatoms.